The molecule has 0 aliphatic rings. The maximum absolute atomic E-state index is 14.1. The molecule has 8 heteroatoms. The van der Waals surface area contributed by atoms with E-state index in [1.807, 2.05) is 36.4 Å². The van der Waals surface area contributed by atoms with Crippen LogP contribution in [0.3, 0.4) is 0 Å². The fourth-order valence-corrected chi connectivity index (χ4v) is 3.31. The van der Waals surface area contributed by atoms with E-state index in [-0.39, 0.29) is 30.2 Å². The van der Waals surface area contributed by atoms with Gasteiger partial charge in [-0.3, -0.25) is 0 Å². The van der Waals surface area contributed by atoms with Gasteiger partial charge in [-0.25, -0.2) is 9.37 Å². The van der Waals surface area contributed by atoms with Gasteiger partial charge in [0.2, 0.25) is 0 Å². The topological polar surface area (TPSA) is 88.7 Å². The van der Waals surface area contributed by atoms with E-state index in [4.69, 9.17) is 27.1 Å². The van der Waals surface area contributed by atoms with Gasteiger partial charge in [0.05, 0.1) is 5.69 Å². The van der Waals surface area contributed by atoms with Crippen LogP contribution in [0.2, 0.25) is 5.02 Å². The third-order valence-electron chi connectivity index (χ3n) is 4.50. The van der Waals surface area contributed by atoms with Crippen molar-refractivity contribution in [2.75, 3.05) is 0 Å². The summed E-state index contributed by atoms with van der Waals surface area (Å²) in [5.41, 5.74) is 9.46. The zero-order valence-electron chi connectivity index (χ0n) is 15.0. The van der Waals surface area contributed by atoms with Crippen molar-refractivity contribution < 1.29 is 8.91 Å². The number of benzene rings is 2. The summed E-state index contributed by atoms with van der Waals surface area (Å²) in [6, 6.07) is 16.7. The van der Waals surface area contributed by atoms with E-state index < -0.39 is 11.9 Å². The van der Waals surface area contributed by atoms with Gasteiger partial charge in [-0.1, -0.05) is 41.0 Å². The third kappa shape index (κ3) is 4.08. The van der Waals surface area contributed by atoms with Gasteiger partial charge in [-0.15, -0.1) is 12.4 Å². The molecule has 0 saturated carbocycles. The molecule has 5 nitrogen and oxygen atoms in total. The lowest BCUT2D eigenvalue weighted by Crippen LogP contribution is -2.16. The predicted molar refractivity (Wildman–Crippen MR) is 111 cm³/mol. The normalized spacial score (nSPS) is 11.7. The second kappa shape index (κ2) is 8.58. The van der Waals surface area contributed by atoms with Gasteiger partial charge < -0.3 is 10.3 Å². The van der Waals surface area contributed by atoms with Crippen molar-refractivity contribution in [2.45, 2.75) is 12.5 Å². The van der Waals surface area contributed by atoms with Crippen molar-refractivity contribution in [3.05, 3.63) is 82.4 Å². The van der Waals surface area contributed by atoms with E-state index >= 15 is 0 Å². The third-order valence-corrected chi connectivity index (χ3v) is 4.73. The highest BCUT2D eigenvalue weighted by Crippen LogP contribution is 2.34. The summed E-state index contributed by atoms with van der Waals surface area (Å²) >= 11 is 6.01. The summed E-state index contributed by atoms with van der Waals surface area (Å²) in [4.78, 5) is 4.04. The molecule has 4 rings (SSSR count). The van der Waals surface area contributed by atoms with Crippen molar-refractivity contribution in [1.29, 1.82) is 5.26 Å². The molecule has 2 heterocycles. The molecule has 4 aromatic rings. The number of fused-ring (bicyclic) bond motifs is 1. The summed E-state index contributed by atoms with van der Waals surface area (Å²) in [5, 5.41) is 14.5. The molecule has 2 aromatic heterocycles. The van der Waals surface area contributed by atoms with E-state index in [9.17, 15) is 4.39 Å². The Bertz CT molecular complexity index is 1220. The Morgan fingerprint density at radius 1 is 1.17 bits per heavy atom. The lowest BCUT2D eigenvalue weighted by atomic mass is 9.94. The van der Waals surface area contributed by atoms with E-state index in [0.29, 0.717) is 16.3 Å². The molecule has 0 fully saturated rings. The highest BCUT2D eigenvalue weighted by molar-refractivity contribution is 6.31. The van der Waals surface area contributed by atoms with Crippen LogP contribution in [0.15, 0.2) is 59.1 Å². The summed E-state index contributed by atoms with van der Waals surface area (Å²) in [5.74, 6) is -0.492. The van der Waals surface area contributed by atoms with E-state index in [1.54, 1.807) is 12.1 Å². The minimum Gasteiger partial charge on any atom is -0.356 e. The first-order valence-electron chi connectivity index (χ1n) is 8.52. The van der Waals surface area contributed by atoms with Crippen LogP contribution in [-0.2, 0) is 6.42 Å². The first-order valence-corrected chi connectivity index (χ1v) is 8.90. The van der Waals surface area contributed by atoms with Crippen molar-refractivity contribution in [1.82, 2.24) is 10.1 Å². The lowest BCUT2D eigenvalue weighted by Gasteiger charge is -2.16. The highest BCUT2D eigenvalue weighted by Gasteiger charge is 2.19. The quantitative estimate of drug-likeness (QED) is 0.481. The zero-order chi connectivity index (χ0) is 19.7. The summed E-state index contributed by atoms with van der Waals surface area (Å²) < 4.78 is 19.5. The summed E-state index contributed by atoms with van der Waals surface area (Å²) in [6.45, 7) is 0. The van der Waals surface area contributed by atoms with Crippen LogP contribution in [-0.4, -0.2) is 10.1 Å². The smallest absolute Gasteiger partial charge is 0.169 e. The van der Waals surface area contributed by atoms with Gasteiger partial charge in [0, 0.05) is 34.5 Å². The lowest BCUT2D eigenvalue weighted by molar-refractivity contribution is 0.459. The number of halogens is 3. The van der Waals surface area contributed by atoms with E-state index in [2.05, 4.69) is 10.1 Å². The van der Waals surface area contributed by atoms with Crippen LogP contribution in [0, 0.1) is 17.1 Å². The Labute approximate surface area is 177 Å². The molecule has 0 bridgehead atoms. The number of hydrogen-bond acceptors (Lipinski definition) is 5. The Morgan fingerprint density at radius 2 is 1.97 bits per heavy atom. The van der Waals surface area contributed by atoms with Crippen LogP contribution < -0.4 is 5.73 Å². The SMILES string of the molecule is Cl.N#Cc1ccc(F)c(CC(N)c2ccccc2-c2noc3cc(Cl)ccc23)n1. The average molecular weight is 429 g/mol. The van der Waals surface area contributed by atoms with Crippen LogP contribution >= 0.6 is 24.0 Å². The van der Waals surface area contributed by atoms with E-state index in [0.717, 1.165) is 16.5 Å². The molecule has 0 saturated heterocycles. The molecule has 1 unspecified atom stereocenters. The van der Waals surface area contributed by atoms with Gasteiger partial charge >= 0.3 is 0 Å². The Hall–Kier alpha value is -2.98. The van der Waals surface area contributed by atoms with Crippen LogP contribution in [0.5, 0.6) is 0 Å². The Kier molecular flexibility index (Phi) is 6.14. The number of nitrogens with zero attached hydrogens (tertiary/aromatic N) is 3. The maximum Gasteiger partial charge on any atom is 0.169 e. The molecule has 0 aliphatic heterocycles. The molecular formula is C21H15Cl2FN4O. The standard InChI is InChI=1S/C21H14ClFN4O.ClH/c22-12-5-7-16-20(9-12)28-27-21(16)15-4-2-1-3-14(15)18(25)10-19-17(23)8-6-13(11-24)26-19;/h1-9,18H,10,25H2;1H. The van der Waals surface area contributed by atoms with Crippen molar-refractivity contribution in [3.8, 4) is 17.3 Å². The molecule has 146 valence electrons. The number of nitrogens with two attached hydrogens (primary N) is 1. The second-order valence-corrected chi connectivity index (χ2v) is 6.74. The molecule has 0 radical (unpaired) electrons. The first kappa shape index (κ1) is 20.7. The zero-order valence-corrected chi connectivity index (χ0v) is 16.5. The monoisotopic (exact) mass is 428 g/mol. The molecule has 0 spiro atoms. The Balaban J connectivity index is 0.00000240. The number of pyridine rings is 1. The molecule has 1 atom stereocenters. The molecule has 2 aromatic carbocycles. The number of rotatable bonds is 4. The van der Waals surface area contributed by atoms with E-state index in [1.165, 1.54) is 12.1 Å². The second-order valence-electron chi connectivity index (χ2n) is 6.31. The van der Waals surface area contributed by atoms with Gasteiger partial charge in [0.1, 0.15) is 23.3 Å². The van der Waals surface area contributed by atoms with Gasteiger partial charge in [-0.05, 0) is 29.8 Å². The fourth-order valence-electron chi connectivity index (χ4n) is 3.15. The largest absolute Gasteiger partial charge is 0.356 e. The van der Waals surface area contributed by atoms with Crippen molar-refractivity contribution >= 4 is 35.0 Å². The molecular weight excluding hydrogens is 414 g/mol. The number of nitriles is 1. The molecule has 29 heavy (non-hydrogen) atoms. The molecule has 2 N–H and O–H groups in total. The van der Waals surface area contributed by atoms with Gasteiger partial charge in [-0.2, -0.15) is 5.26 Å². The minimum atomic E-state index is -0.550. The first-order chi connectivity index (χ1) is 13.6. The van der Waals surface area contributed by atoms with Gasteiger partial charge in [0.15, 0.2) is 5.58 Å². The Morgan fingerprint density at radius 3 is 2.76 bits per heavy atom. The number of hydrogen-bond donors (Lipinski definition) is 1. The number of aromatic nitrogens is 2. The minimum absolute atomic E-state index is 0. The molecule has 0 aliphatic carbocycles. The van der Waals surface area contributed by atoms with Crippen LogP contribution in [0.1, 0.15) is 23.0 Å². The van der Waals surface area contributed by atoms with Gasteiger partial charge in [0.25, 0.3) is 0 Å². The maximum atomic E-state index is 14.1. The summed E-state index contributed by atoms with van der Waals surface area (Å²) in [6.07, 6.45) is 0.139. The van der Waals surface area contributed by atoms with Crippen molar-refractivity contribution in [3.63, 3.8) is 0 Å². The highest BCUT2D eigenvalue weighted by atomic mass is 35.5. The van der Waals surface area contributed by atoms with Crippen LogP contribution in [0.4, 0.5) is 4.39 Å². The predicted octanol–water partition coefficient (Wildman–Crippen LogP) is 5.22. The molecule has 0 amide bonds. The fraction of sp³-hybridized carbons (Fsp3) is 0.0952. The summed E-state index contributed by atoms with van der Waals surface area (Å²) in [7, 11) is 0. The average Bonchev–Trinajstić information content (AvgIpc) is 3.12. The van der Waals surface area contributed by atoms with Crippen molar-refractivity contribution in [2.24, 2.45) is 5.73 Å². The van der Waals surface area contributed by atoms with Crippen LogP contribution in [0.25, 0.3) is 22.2 Å².